The number of esters is 1. The zero-order valence-corrected chi connectivity index (χ0v) is 8.30. The maximum Gasteiger partial charge on any atom is 0.356 e. The highest BCUT2D eigenvalue weighted by Crippen LogP contribution is 2.03. The van der Waals surface area contributed by atoms with Gasteiger partial charge in [-0.2, -0.15) is 5.10 Å². The summed E-state index contributed by atoms with van der Waals surface area (Å²) < 4.78 is 5.99. The van der Waals surface area contributed by atoms with Crippen molar-refractivity contribution in [2.24, 2.45) is 12.8 Å². The Balaban J connectivity index is 0.00000144. The summed E-state index contributed by atoms with van der Waals surface area (Å²) in [5.41, 5.74) is 6.44. The van der Waals surface area contributed by atoms with E-state index < -0.39 is 5.97 Å². The van der Waals surface area contributed by atoms with Crippen LogP contribution in [0.5, 0.6) is 0 Å². The fraction of sp³-hybridized carbons (Fsp3) is 0.429. The molecule has 1 aromatic heterocycles. The van der Waals surface area contributed by atoms with Crippen LogP contribution in [0, 0.1) is 0 Å². The fourth-order valence-electron chi connectivity index (χ4n) is 0.922. The SMILES string of the molecule is COC(=O)c1cc(CN)nn1C.Cl. The van der Waals surface area contributed by atoms with Crippen molar-refractivity contribution in [3.05, 3.63) is 17.5 Å². The highest BCUT2D eigenvalue weighted by Gasteiger charge is 2.11. The minimum Gasteiger partial charge on any atom is -0.464 e. The van der Waals surface area contributed by atoms with Crippen LogP contribution >= 0.6 is 12.4 Å². The van der Waals surface area contributed by atoms with Gasteiger partial charge in [-0.05, 0) is 6.07 Å². The van der Waals surface area contributed by atoms with Gasteiger partial charge in [0.1, 0.15) is 5.69 Å². The molecule has 0 aromatic carbocycles. The minimum absolute atomic E-state index is 0. The van der Waals surface area contributed by atoms with Gasteiger partial charge in [-0.15, -0.1) is 12.4 Å². The van der Waals surface area contributed by atoms with Gasteiger partial charge in [0.2, 0.25) is 0 Å². The fourth-order valence-corrected chi connectivity index (χ4v) is 0.922. The maximum atomic E-state index is 11.0. The lowest BCUT2D eigenvalue weighted by Gasteiger charge is -1.96. The molecule has 1 aromatic rings. The van der Waals surface area contributed by atoms with Crippen LogP contribution in [-0.4, -0.2) is 22.9 Å². The van der Waals surface area contributed by atoms with Gasteiger partial charge < -0.3 is 10.5 Å². The molecule has 74 valence electrons. The first-order chi connectivity index (χ1) is 5.69. The van der Waals surface area contributed by atoms with E-state index in [1.165, 1.54) is 11.8 Å². The molecule has 1 heterocycles. The predicted molar refractivity (Wildman–Crippen MR) is 49.7 cm³/mol. The van der Waals surface area contributed by atoms with Gasteiger partial charge >= 0.3 is 5.97 Å². The Morgan fingerprint density at radius 2 is 2.38 bits per heavy atom. The van der Waals surface area contributed by atoms with Crippen LogP contribution < -0.4 is 5.73 Å². The van der Waals surface area contributed by atoms with Crippen molar-refractivity contribution in [3.8, 4) is 0 Å². The third kappa shape index (κ3) is 2.43. The summed E-state index contributed by atoms with van der Waals surface area (Å²) in [6.07, 6.45) is 0. The van der Waals surface area contributed by atoms with E-state index in [1.807, 2.05) is 0 Å². The Labute approximate surface area is 82.3 Å². The van der Waals surface area contributed by atoms with Crippen molar-refractivity contribution in [2.45, 2.75) is 6.54 Å². The molecule has 0 fully saturated rings. The van der Waals surface area contributed by atoms with Gasteiger partial charge in [0.15, 0.2) is 0 Å². The summed E-state index contributed by atoms with van der Waals surface area (Å²) in [6.45, 7) is 0.324. The van der Waals surface area contributed by atoms with Gasteiger partial charge in [0.05, 0.1) is 12.8 Å². The average Bonchev–Trinajstić information content (AvgIpc) is 2.45. The van der Waals surface area contributed by atoms with Crippen molar-refractivity contribution >= 4 is 18.4 Å². The van der Waals surface area contributed by atoms with E-state index >= 15 is 0 Å². The Hall–Kier alpha value is -1.07. The van der Waals surface area contributed by atoms with E-state index in [2.05, 4.69) is 9.84 Å². The van der Waals surface area contributed by atoms with Crippen LogP contribution in [0.1, 0.15) is 16.2 Å². The Bertz CT molecular complexity index is 298. The minimum atomic E-state index is -0.398. The zero-order chi connectivity index (χ0) is 9.14. The first kappa shape index (κ1) is 11.9. The molecular weight excluding hydrogens is 194 g/mol. The zero-order valence-electron chi connectivity index (χ0n) is 7.48. The number of methoxy groups -OCH3 is 1. The molecule has 0 aliphatic rings. The summed E-state index contributed by atoms with van der Waals surface area (Å²) in [5.74, 6) is -0.398. The Morgan fingerprint density at radius 1 is 1.77 bits per heavy atom. The van der Waals surface area contributed by atoms with E-state index in [4.69, 9.17) is 5.73 Å². The second-order valence-electron chi connectivity index (χ2n) is 2.34. The number of halogens is 1. The normalized spacial score (nSPS) is 9.15. The molecule has 6 heteroatoms. The molecule has 0 aliphatic heterocycles. The molecular formula is C7H12ClN3O2. The van der Waals surface area contributed by atoms with E-state index in [0.29, 0.717) is 17.9 Å². The molecule has 0 aliphatic carbocycles. The molecule has 0 amide bonds. The molecule has 2 N–H and O–H groups in total. The van der Waals surface area contributed by atoms with Crippen molar-refractivity contribution in [1.29, 1.82) is 0 Å². The van der Waals surface area contributed by atoms with Crippen LogP contribution in [0.4, 0.5) is 0 Å². The molecule has 0 unspecified atom stereocenters. The van der Waals surface area contributed by atoms with Crippen LogP contribution in [0.15, 0.2) is 6.07 Å². The van der Waals surface area contributed by atoms with Crippen molar-refractivity contribution in [2.75, 3.05) is 7.11 Å². The lowest BCUT2D eigenvalue weighted by atomic mass is 10.3. The van der Waals surface area contributed by atoms with Gasteiger partial charge in [-0.25, -0.2) is 4.79 Å². The smallest absolute Gasteiger partial charge is 0.356 e. The number of ether oxygens (including phenoxy) is 1. The monoisotopic (exact) mass is 205 g/mol. The number of nitrogens with zero attached hydrogens (tertiary/aromatic N) is 2. The predicted octanol–water partition coefficient (Wildman–Crippen LogP) is 0.0872. The molecule has 0 bridgehead atoms. The molecule has 0 saturated carbocycles. The lowest BCUT2D eigenvalue weighted by Crippen LogP contribution is -2.07. The second-order valence-corrected chi connectivity index (χ2v) is 2.34. The second kappa shape index (κ2) is 4.84. The summed E-state index contributed by atoms with van der Waals surface area (Å²) in [4.78, 5) is 11.0. The third-order valence-corrected chi connectivity index (χ3v) is 1.53. The van der Waals surface area contributed by atoms with E-state index in [1.54, 1.807) is 13.1 Å². The van der Waals surface area contributed by atoms with Gasteiger partial charge in [-0.1, -0.05) is 0 Å². The largest absolute Gasteiger partial charge is 0.464 e. The van der Waals surface area contributed by atoms with E-state index in [9.17, 15) is 4.79 Å². The van der Waals surface area contributed by atoms with Gasteiger partial charge in [-0.3, -0.25) is 4.68 Å². The summed E-state index contributed by atoms with van der Waals surface area (Å²) >= 11 is 0. The number of aromatic nitrogens is 2. The van der Waals surface area contributed by atoms with Crippen molar-refractivity contribution < 1.29 is 9.53 Å². The molecule has 0 spiro atoms. The number of carbonyl (C=O) groups is 1. The lowest BCUT2D eigenvalue weighted by molar-refractivity contribution is 0.0588. The standard InChI is InChI=1S/C7H11N3O2.ClH/c1-10-6(7(11)12-2)3-5(4-8)9-10;/h3H,4,8H2,1-2H3;1H. The number of carbonyl (C=O) groups excluding carboxylic acids is 1. The number of rotatable bonds is 2. The van der Waals surface area contributed by atoms with Gasteiger partial charge in [0.25, 0.3) is 0 Å². The van der Waals surface area contributed by atoms with E-state index in [0.717, 1.165) is 0 Å². The summed E-state index contributed by atoms with van der Waals surface area (Å²) in [5, 5.41) is 3.99. The van der Waals surface area contributed by atoms with Crippen molar-refractivity contribution in [1.82, 2.24) is 9.78 Å². The number of hydrogen-bond donors (Lipinski definition) is 1. The van der Waals surface area contributed by atoms with Crippen molar-refractivity contribution in [3.63, 3.8) is 0 Å². The quantitative estimate of drug-likeness (QED) is 0.695. The molecule has 5 nitrogen and oxygen atoms in total. The van der Waals surface area contributed by atoms with Crippen LogP contribution in [0.2, 0.25) is 0 Å². The summed E-state index contributed by atoms with van der Waals surface area (Å²) in [6, 6.07) is 1.62. The topological polar surface area (TPSA) is 70.1 Å². The number of nitrogens with two attached hydrogens (primary N) is 1. The molecule has 1 rings (SSSR count). The highest BCUT2D eigenvalue weighted by molar-refractivity contribution is 5.87. The maximum absolute atomic E-state index is 11.0. The molecule has 0 saturated heterocycles. The molecule has 0 atom stereocenters. The van der Waals surface area contributed by atoms with Gasteiger partial charge in [0, 0.05) is 13.6 Å². The number of aryl methyl sites for hydroxylation is 1. The third-order valence-electron chi connectivity index (χ3n) is 1.53. The van der Waals surface area contributed by atoms with E-state index in [-0.39, 0.29) is 12.4 Å². The first-order valence-corrected chi connectivity index (χ1v) is 3.50. The Kier molecular flexibility index (Phi) is 4.44. The number of hydrogen-bond acceptors (Lipinski definition) is 4. The highest BCUT2D eigenvalue weighted by atomic mass is 35.5. The van der Waals surface area contributed by atoms with Crippen LogP contribution in [0.3, 0.4) is 0 Å². The first-order valence-electron chi connectivity index (χ1n) is 3.50. The average molecular weight is 206 g/mol. The molecule has 13 heavy (non-hydrogen) atoms. The summed E-state index contributed by atoms with van der Waals surface area (Å²) in [7, 11) is 3.00. The van der Waals surface area contributed by atoms with Crippen LogP contribution in [0.25, 0.3) is 0 Å². The Morgan fingerprint density at radius 3 is 2.77 bits per heavy atom. The van der Waals surface area contributed by atoms with Crippen LogP contribution in [-0.2, 0) is 18.3 Å². The molecule has 0 radical (unpaired) electrons.